The maximum atomic E-state index is 11.9. The number of halogens is 1. The van der Waals surface area contributed by atoms with Gasteiger partial charge in [-0.2, -0.15) is 0 Å². The Balaban J connectivity index is 2.65. The largest absolute Gasteiger partial charge is 0.313 e. The Hall–Kier alpha value is -0.650. The molecule has 0 saturated carbocycles. The van der Waals surface area contributed by atoms with Gasteiger partial charge in [0.2, 0.25) is 9.84 Å². The lowest BCUT2D eigenvalue weighted by Gasteiger charge is -2.12. The molecule has 1 unspecified atom stereocenters. The van der Waals surface area contributed by atoms with Crippen LogP contribution in [0.4, 0.5) is 0 Å². The van der Waals surface area contributed by atoms with Crippen LogP contribution in [0.15, 0.2) is 33.0 Å². The number of hydrogen-bond donors (Lipinski definition) is 1. The molecule has 1 heterocycles. The molecule has 3 nitrogen and oxygen atoms in total. The van der Waals surface area contributed by atoms with Crippen molar-refractivity contribution < 1.29 is 8.42 Å². The fraction of sp³-hybridized carbons (Fsp3) is 0.273. The lowest BCUT2D eigenvalue weighted by atomic mass is 10.0. The molecular weight excluding hydrogens is 290 g/mol. The standard InChI is InChI=1S/C11H12BrNO2S/c1-7(13-2)10-6-16(14,15)11-5-8(12)3-4-9(10)11/h3-7,13H,1-2H3. The van der Waals surface area contributed by atoms with Crippen molar-refractivity contribution in [1.82, 2.24) is 5.32 Å². The van der Waals surface area contributed by atoms with Gasteiger partial charge in [-0.3, -0.25) is 0 Å². The average molecular weight is 302 g/mol. The third-order valence-electron chi connectivity index (χ3n) is 2.74. The number of benzene rings is 1. The molecule has 0 aromatic heterocycles. The van der Waals surface area contributed by atoms with Gasteiger partial charge in [-0.1, -0.05) is 22.0 Å². The minimum Gasteiger partial charge on any atom is -0.313 e. The van der Waals surface area contributed by atoms with E-state index in [9.17, 15) is 8.42 Å². The Morgan fingerprint density at radius 1 is 1.38 bits per heavy atom. The highest BCUT2D eigenvalue weighted by Crippen LogP contribution is 2.36. The second-order valence-corrected chi connectivity index (χ2v) is 6.45. The van der Waals surface area contributed by atoms with Crippen molar-refractivity contribution in [3.05, 3.63) is 33.6 Å². The summed E-state index contributed by atoms with van der Waals surface area (Å²) in [6.07, 6.45) is 0. The average Bonchev–Trinajstić information content (AvgIpc) is 2.50. The van der Waals surface area contributed by atoms with Gasteiger partial charge < -0.3 is 5.32 Å². The molecule has 0 fully saturated rings. The summed E-state index contributed by atoms with van der Waals surface area (Å²) in [6, 6.07) is 5.37. The Morgan fingerprint density at radius 2 is 2.06 bits per heavy atom. The predicted octanol–water partition coefficient (Wildman–Crippen LogP) is 2.19. The second-order valence-electron chi connectivity index (χ2n) is 3.77. The summed E-state index contributed by atoms with van der Waals surface area (Å²) in [4.78, 5) is 0.388. The zero-order valence-corrected chi connectivity index (χ0v) is 11.4. The fourth-order valence-corrected chi connectivity index (χ4v) is 3.84. The molecule has 1 aromatic carbocycles. The first-order chi connectivity index (χ1) is 7.45. The lowest BCUT2D eigenvalue weighted by molar-refractivity contribution is 0.605. The third kappa shape index (κ3) is 1.83. The monoisotopic (exact) mass is 301 g/mol. The number of sulfone groups is 1. The molecule has 86 valence electrons. The summed E-state index contributed by atoms with van der Waals surface area (Å²) in [5.74, 6) is 0. The van der Waals surface area contributed by atoms with Crippen LogP contribution in [0.2, 0.25) is 0 Å². The van der Waals surface area contributed by atoms with Crippen molar-refractivity contribution in [1.29, 1.82) is 0 Å². The fourth-order valence-electron chi connectivity index (χ4n) is 1.75. The number of hydrogen-bond acceptors (Lipinski definition) is 3. The van der Waals surface area contributed by atoms with Crippen LogP contribution < -0.4 is 5.32 Å². The van der Waals surface area contributed by atoms with Crippen LogP contribution >= 0.6 is 15.9 Å². The second kappa shape index (κ2) is 3.98. The zero-order chi connectivity index (χ0) is 11.9. The molecule has 1 atom stereocenters. The summed E-state index contributed by atoms with van der Waals surface area (Å²) >= 11 is 3.29. The predicted molar refractivity (Wildman–Crippen MR) is 67.8 cm³/mol. The molecule has 0 amide bonds. The van der Waals surface area contributed by atoms with E-state index < -0.39 is 9.84 Å². The lowest BCUT2D eigenvalue weighted by Crippen LogP contribution is -2.22. The summed E-state index contributed by atoms with van der Waals surface area (Å²) < 4.78 is 24.6. The van der Waals surface area contributed by atoms with E-state index in [2.05, 4.69) is 21.2 Å². The molecule has 1 aliphatic rings. The first kappa shape index (κ1) is 11.8. The number of nitrogens with one attached hydrogen (secondary N) is 1. The van der Waals surface area contributed by atoms with Crippen molar-refractivity contribution in [2.45, 2.75) is 17.9 Å². The van der Waals surface area contributed by atoms with Crippen LogP contribution in [0.25, 0.3) is 5.57 Å². The molecule has 1 aliphatic heterocycles. The molecule has 0 spiro atoms. The molecule has 0 saturated heterocycles. The first-order valence-electron chi connectivity index (χ1n) is 4.89. The Labute approximate surface area is 104 Å². The van der Waals surface area contributed by atoms with Crippen molar-refractivity contribution in [2.24, 2.45) is 0 Å². The molecule has 0 radical (unpaired) electrons. The Bertz CT molecular complexity index is 563. The van der Waals surface area contributed by atoms with Crippen LogP contribution in [0, 0.1) is 0 Å². The smallest absolute Gasteiger partial charge is 0.200 e. The number of fused-ring (bicyclic) bond motifs is 1. The van der Waals surface area contributed by atoms with Crippen molar-refractivity contribution >= 4 is 31.3 Å². The van der Waals surface area contributed by atoms with Crippen LogP contribution in [-0.2, 0) is 9.84 Å². The highest BCUT2D eigenvalue weighted by atomic mass is 79.9. The Morgan fingerprint density at radius 3 is 2.69 bits per heavy atom. The molecule has 1 aromatic rings. The van der Waals surface area contributed by atoms with Gasteiger partial charge in [0.15, 0.2) is 0 Å². The highest BCUT2D eigenvalue weighted by molar-refractivity contribution is 9.10. The minimum absolute atomic E-state index is 0.0252. The van der Waals surface area contributed by atoms with Gasteiger partial charge in [-0.05, 0) is 37.2 Å². The third-order valence-corrected chi connectivity index (χ3v) is 4.75. The molecular formula is C11H12BrNO2S. The number of rotatable bonds is 2. The van der Waals surface area contributed by atoms with Gasteiger partial charge in [0.05, 0.1) is 4.90 Å². The normalized spacial score (nSPS) is 19.1. The van der Waals surface area contributed by atoms with Crippen molar-refractivity contribution in [2.75, 3.05) is 7.05 Å². The van der Waals surface area contributed by atoms with Gasteiger partial charge in [0.25, 0.3) is 0 Å². The van der Waals surface area contributed by atoms with Gasteiger partial charge in [0.1, 0.15) is 0 Å². The minimum atomic E-state index is -3.26. The van der Waals surface area contributed by atoms with E-state index in [1.165, 1.54) is 5.41 Å². The summed E-state index contributed by atoms with van der Waals surface area (Å²) in [6.45, 7) is 1.94. The van der Waals surface area contributed by atoms with Crippen LogP contribution in [-0.4, -0.2) is 21.5 Å². The maximum Gasteiger partial charge on any atom is 0.200 e. The van der Waals surface area contributed by atoms with E-state index in [0.717, 1.165) is 15.6 Å². The maximum absolute atomic E-state index is 11.9. The highest BCUT2D eigenvalue weighted by Gasteiger charge is 2.29. The van der Waals surface area contributed by atoms with Crippen molar-refractivity contribution in [3.63, 3.8) is 0 Å². The number of likely N-dealkylation sites (N-methyl/N-ethyl adjacent to an activating group) is 1. The van der Waals surface area contributed by atoms with Gasteiger partial charge in [-0.15, -0.1) is 0 Å². The molecule has 5 heteroatoms. The first-order valence-corrected chi connectivity index (χ1v) is 7.23. The molecule has 16 heavy (non-hydrogen) atoms. The van der Waals surface area contributed by atoms with E-state index in [4.69, 9.17) is 0 Å². The molecule has 0 aliphatic carbocycles. The van der Waals surface area contributed by atoms with E-state index in [0.29, 0.717) is 4.90 Å². The SMILES string of the molecule is CNC(C)C1=CS(=O)(=O)c2cc(Br)ccc21. The van der Waals surface area contributed by atoms with Crippen LogP contribution in [0.5, 0.6) is 0 Å². The summed E-state index contributed by atoms with van der Waals surface area (Å²) in [5, 5.41) is 4.41. The quantitative estimate of drug-likeness (QED) is 0.911. The zero-order valence-electron chi connectivity index (χ0n) is 8.99. The van der Waals surface area contributed by atoms with E-state index >= 15 is 0 Å². The van der Waals surface area contributed by atoms with Crippen molar-refractivity contribution in [3.8, 4) is 0 Å². The molecule has 2 rings (SSSR count). The van der Waals surface area contributed by atoms with E-state index in [1.54, 1.807) is 6.07 Å². The summed E-state index contributed by atoms with van der Waals surface area (Å²) in [7, 11) is -1.45. The van der Waals surface area contributed by atoms with Gasteiger partial charge in [0, 0.05) is 15.9 Å². The van der Waals surface area contributed by atoms with Gasteiger partial charge >= 0.3 is 0 Å². The Kier molecular flexibility index (Phi) is 2.94. The van der Waals surface area contributed by atoms with Crippen LogP contribution in [0.3, 0.4) is 0 Å². The summed E-state index contributed by atoms with van der Waals surface area (Å²) in [5.41, 5.74) is 1.62. The topological polar surface area (TPSA) is 46.2 Å². The molecule has 1 N–H and O–H groups in total. The van der Waals surface area contributed by atoms with E-state index in [1.807, 2.05) is 26.1 Å². The van der Waals surface area contributed by atoms with Gasteiger partial charge in [-0.25, -0.2) is 8.42 Å². The van der Waals surface area contributed by atoms with E-state index in [-0.39, 0.29) is 6.04 Å². The molecule has 0 bridgehead atoms. The van der Waals surface area contributed by atoms with Crippen LogP contribution in [0.1, 0.15) is 12.5 Å².